The summed E-state index contributed by atoms with van der Waals surface area (Å²) in [7, 11) is -2.81. The van der Waals surface area contributed by atoms with Crippen LogP contribution in [-0.2, 0) is 0 Å². The van der Waals surface area contributed by atoms with Crippen LogP contribution in [0.2, 0.25) is 0 Å². The summed E-state index contributed by atoms with van der Waals surface area (Å²) in [5, 5.41) is 7.86. The zero-order valence-corrected chi connectivity index (χ0v) is 29.9. The number of aromatic nitrogens is 3. The Morgan fingerprint density at radius 1 is 0.302 bits per heavy atom. The Labute approximate surface area is 310 Å². The van der Waals surface area contributed by atoms with Crippen LogP contribution < -0.4 is 20.7 Å². The van der Waals surface area contributed by atoms with Crippen molar-refractivity contribution in [2.75, 3.05) is 0 Å². The van der Waals surface area contributed by atoms with Crippen LogP contribution in [0.4, 0.5) is 0 Å². The fraction of sp³-hybridized carbons (Fsp3) is 0. The van der Waals surface area contributed by atoms with Crippen molar-refractivity contribution in [3.63, 3.8) is 0 Å². The number of benzene rings is 8. The highest BCUT2D eigenvalue weighted by molar-refractivity contribution is 7.22. The first-order chi connectivity index (χ1) is 26.3. The van der Waals surface area contributed by atoms with Gasteiger partial charge in [0, 0.05) is 16.7 Å². The summed E-state index contributed by atoms with van der Waals surface area (Å²) in [6.07, 6.45) is 0. The van der Waals surface area contributed by atoms with Gasteiger partial charge in [-0.15, -0.1) is 0 Å². The molecule has 0 radical (unpaired) electrons. The molecule has 1 aromatic heterocycles. The topological polar surface area (TPSA) is 38.7 Å². The van der Waals surface area contributed by atoms with Crippen LogP contribution in [0, 0.1) is 0 Å². The zero-order chi connectivity index (χ0) is 35.2. The van der Waals surface area contributed by atoms with E-state index >= 15 is 0 Å². The summed E-state index contributed by atoms with van der Waals surface area (Å²) in [6, 6.07) is 71.8. The van der Waals surface area contributed by atoms with Crippen molar-refractivity contribution in [3.8, 4) is 56.4 Å². The molecular formula is C49H33N3Si. The molecule has 2 heterocycles. The maximum absolute atomic E-state index is 5.34. The second kappa shape index (κ2) is 12.8. The molecule has 0 fully saturated rings. The van der Waals surface area contributed by atoms with E-state index in [9.17, 15) is 0 Å². The number of fused-ring (bicyclic) bond motifs is 4. The zero-order valence-electron chi connectivity index (χ0n) is 28.9. The maximum atomic E-state index is 5.34. The van der Waals surface area contributed by atoms with Crippen LogP contribution in [0.15, 0.2) is 200 Å². The van der Waals surface area contributed by atoms with Crippen molar-refractivity contribution in [1.82, 2.24) is 15.0 Å². The van der Waals surface area contributed by atoms with Gasteiger partial charge in [0.2, 0.25) is 0 Å². The van der Waals surface area contributed by atoms with Crippen LogP contribution in [-0.4, -0.2) is 23.0 Å². The van der Waals surface area contributed by atoms with Crippen molar-refractivity contribution in [1.29, 1.82) is 0 Å². The molecule has 3 nitrogen and oxygen atoms in total. The monoisotopic (exact) mass is 691 g/mol. The van der Waals surface area contributed by atoms with Gasteiger partial charge < -0.3 is 0 Å². The molecule has 0 aliphatic carbocycles. The fourth-order valence-electron chi connectivity index (χ4n) is 8.21. The smallest absolute Gasteiger partial charge is 0.181 e. The van der Waals surface area contributed by atoms with Crippen molar-refractivity contribution in [3.05, 3.63) is 200 Å². The third-order valence-electron chi connectivity index (χ3n) is 10.6. The minimum Gasteiger partial charge on any atom is -0.208 e. The first-order valence-electron chi connectivity index (χ1n) is 18.0. The molecule has 0 bridgehead atoms. The van der Waals surface area contributed by atoms with Gasteiger partial charge in [0.05, 0.1) is 0 Å². The standard InChI is InChI=1S/C49H33N3Si/c1-4-16-36(17-5-1)47-50-48(37-30-27-35(28-31-37)39-32-29-34-15-10-11-18-38(34)33-39)52-49(51-47)44-25-14-24-43-42-23-12-13-26-45(42)53(46(43)44,40-19-6-2-7-20-40)41-21-8-3-9-22-41/h1-33H. The van der Waals surface area contributed by atoms with Gasteiger partial charge in [0.15, 0.2) is 25.5 Å². The largest absolute Gasteiger partial charge is 0.208 e. The van der Waals surface area contributed by atoms with Crippen molar-refractivity contribution >= 4 is 39.6 Å². The highest BCUT2D eigenvalue weighted by atomic mass is 28.3. The molecule has 53 heavy (non-hydrogen) atoms. The van der Waals surface area contributed by atoms with Crippen molar-refractivity contribution in [2.45, 2.75) is 0 Å². The molecule has 0 amide bonds. The first kappa shape index (κ1) is 31.0. The van der Waals surface area contributed by atoms with Crippen LogP contribution in [0.3, 0.4) is 0 Å². The van der Waals surface area contributed by atoms with Crippen molar-refractivity contribution in [2.24, 2.45) is 0 Å². The molecule has 0 N–H and O–H groups in total. The summed E-state index contributed by atoms with van der Waals surface area (Å²) >= 11 is 0. The van der Waals surface area contributed by atoms with E-state index in [0.29, 0.717) is 17.5 Å². The lowest BCUT2D eigenvalue weighted by atomic mass is 10.00. The molecule has 0 atom stereocenters. The van der Waals surface area contributed by atoms with Gasteiger partial charge in [-0.2, -0.15) is 0 Å². The lowest BCUT2D eigenvalue weighted by Crippen LogP contribution is -2.73. The van der Waals surface area contributed by atoms with Crippen LogP contribution in [0.25, 0.3) is 67.2 Å². The molecular weight excluding hydrogens is 659 g/mol. The SMILES string of the molecule is c1ccc(-c2nc(-c3ccc(-c4ccc5ccccc5c4)cc3)nc(-c3cccc4c3[Si](c3ccccc3)(c3ccccc3)c3ccccc3-4)n2)cc1. The second-order valence-electron chi connectivity index (χ2n) is 13.6. The molecule has 0 unspecified atom stereocenters. The summed E-state index contributed by atoms with van der Waals surface area (Å²) in [6.45, 7) is 0. The molecule has 8 aromatic carbocycles. The summed E-state index contributed by atoms with van der Waals surface area (Å²) in [5.41, 5.74) is 7.81. The number of rotatable bonds is 6. The molecule has 1 aliphatic heterocycles. The van der Waals surface area contributed by atoms with Gasteiger partial charge in [0.1, 0.15) is 0 Å². The fourth-order valence-corrected chi connectivity index (χ4v) is 13.6. The van der Waals surface area contributed by atoms with E-state index < -0.39 is 8.07 Å². The molecule has 10 rings (SSSR count). The summed E-state index contributed by atoms with van der Waals surface area (Å²) in [4.78, 5) is 15.7. The van der Waals surface area contributed by atoms with E-state index in [1.165, 1.54) is 48.2 Å². The average molecular weight is 692 g/mol. The minimum absolute atomic E-state index is 0.652. The van der Waals surface area contributed by atoms with Gasteiger partial charge in [-0.25, -0.2) is 15.0 Å². The molecule has 0 spiro atoms. The van der Waals surface area contributed by atoms with E-state index in [1.54, 1.807) is 0 Å². The van der Waals surface area contributed by atoms with E-state index in [4.69, 9.17) is 15.0 Å². The Kier molecular flexibility index (Phi) is 7.48. The Morgan fingerprint density at radius 2 is 0.792 bits per heavy atom. The Hall–Kier alpha value is -6.75. The lowest BCUT2D eigenvalue weighted by molar-refractivity contribution is 1.08. The third kappa shape index (κ3) is 5.15. The van der Waals surface area contributed by atoms with Crippen molar-refractivity contribution < 1.29 is 0 Å². The molecule has 9 aromatic rings. The molecule has 0 saturated carbocycles. The van der Waals surface area contributed by atoms with E-state index in [0.717, 1.165) is 22.3 Å². The Morgan fingerprint density at radius 3 is 1.49 bits per heavy atom. The first-order valence-corrected chi connectivity index (χ1v) is 20.0. The van der Waals surface area contributed by atoms with Crippen LogP contribution >= 0.6 is 0 Å². The Bertz CT molecular complexity index is 2720. The van der Waals surface area contributed by atoms with Gasteiger partial charge >= 0.3 is 0 Å². The van der Waals surface area contributed by atoms with E-state index in [2.05, 4.69) is 182 Å². The third-order valence-corrected chi connectivity index (χ3v) is 15.5. The van der Waals surface area contributed by atoms with Crippen LogP contribution in [0.5, 0.6) is 0 Å². The average Bonchev–Trinajstić information content (AvgIpc) is 3.56. The highest BCUT2D eigenvalue weighted by Gasteiger charge is 2.50. The van der Waals surface area contributed by atoms with Gasteiger partial charge in [-0.1, -0.05) is 194 Å². The number of hydrogen-bond donors (Lipinski definition) is 0. The number of nitrogens with zero attached hydrogens (tertiary/aromatic N) is 3. The predicted octanol–water partition coefficient (Wildman–Crippen LogP) is 9.05. The van der Waals surface area contributed by atoms with E-state index in [1.807, 2.05) is 18.2 Å². The molecule has 248 valence electrons. The maximum Gasteiger partial charge on any atom is 0.181 e. The van der Waals surface area contributed by atoms with Gasteiger partial charge in [0.25, 0.3) is 0 Å². The predicted molar refractivity (Wildman–Crippen MR) is 222 cm³/mol. The molecule has 0 saturated heterocycles. The van der Waals surface area contributed by atoms with Gasteiger partial charge in [-0.3, -0.25) is 0 Å². The minimum atomic E-state index is -2.81. The summed E-state index contributed by atoms with van der Waals surface area (Å²) in [5.74, 6) is 1.99. The normalized spacial score (nSPS) is 12.7. The van der Waals surface area contributed by atoms with E-state index in [-0.39, 0.29) is 0 Å². The molecule has 4 heteroatoms. The lowest BCUT2D eigenvalue weighted by Gasteiger charge is -2.32. The number of hydrogen-bond acceptors (Lipinski definition) is 3. The van der Waals surface area contributed by atoms with Crippen LogP contribution in [0.1, 0.15) is 0 Å². The molecule has 1 aliphatic rings. The quantitative estimate of drug-likeness (QED) is 0.163. The summed E-state index contributed by atoms with van der Waals surface area (Å²) < 4.78 is 0. The van der Waals surface area contributed by atoms with Gasteiger partial charge in [-0.05, 0) is 59.8 Å². The highest BCUT2D eigenvalue weighted by Crippen LogP contribution is 2.34. The Balaban J connectivity index is 1.19. The second-order valence-corrected chi connectivity index (χ2v) is 17.3.